The molecule has 3 heterocycles. The standard InChI is InChI=1S/C28H30N4O3/c1-19-15-24(26-20(2)30-31(3)27(26)29-19)28(33)32-11-12-34-13-14-35-25-10-5-4-9-23(25)17-21-7-6-8-22(16-21)18-32/h4-10,15-16H,11-14,17-18H2,1-3H3. The number of aryl methyl sites for hydroxylation is 3. The average molecular weight is 471 g/mol. The van der Waals surface area contributed by atoms with Gasteiger partial charge in [0, 0.05) is 32.3 Å². The summed E-state index contributed by atoms with van der Waals surface area (Å²) in [4.78, 5) is 20.4. The maximum absolute atomic E-state index is 13.9. The van der Waals surface area contributed by atoms with Gasteiger partial charge in [0.25, 0.3) is 5.91 Å². The minimum Gasteiger partial charge on any atom is -0.491 e. The van der Waals surface area contributed by atoms with Gasteiger partial charge in [0.2, 0.25) is 0 Å². The lowest BCUT2D eigenvalue weighted by Crippen LogP contribution is -2.34. The number of ether oxygens (including phenoxy) is 2. The second kappa shape index (κ2) is 9.88. The summed E-state index contributed by atoms with van der Waals surface area (Å²) in [6.45, 7) is 6.15. The van der Waals surface area contributed by atoms with Crippen LogP contribution in [-0.2, 0) is 24.8 Å². The summed E-state index contributed by atoms with van der Waals surface area (Å²) < 4.78 is 13.6. The quantitative estimate of drug-likeness (QED) is 0.417. The molecule has 0 saturated carbocycles. The van der Waals surface area contributed by atoms with Crippen molar-refractivity contribution in [2.75, 3.05) is 26.4 Å². The van der Waals surface area contributed by atoms with Crippen LogP contribution in [0.1, 0.15) is 38.4 Å². The van der Waals surface area contributed by atoms with E-state index in [1.165, 1.54) is 5.56 Å². The SMILES string of the molecule is Cc1cc(C(=O)N2CCOCCOc3ccccc3Cc3cccc(c3)C2)c2c(C)nn(C)c2n1. The lowest BCUT2D eigenvalue weighted by Gasteiger charge is -2.24. The third-order valence-electron chi connectivity index (χ3n) is 6.34. The molecule has 1 aliphatic rings. The number of hydrogen-bond donors (Lipinski definition) is 0. The van der Waals surface area contributed by atoms with E-state index in [9.17, 15) is 4.79 Å². The van der Waals surface area contributed by atoms with Crippen molar-refractivity contribution in [3.8, 4) is 5.75 Å². The summed E-state index contributed by atoms with van der Waals surface area (Å²) in [5.74, 6) is 0.846. The van der Waals surface area contributed by atoms with Crippen molar-refractivity contribution in [2.24, 2.45) is 7.05 Å². The largest absolute Gasteiger partial charge is 0.491 e. The second-order valence-corrected chi connectivity index (χ2v) is 9.01. The van der Waals surface area contributed by atoms with E-state index in [1.807, 2.05) is 50.1 Å². The minimum atomic E-state index is -0.0423. The number of carbonyl (C=O) groups excluding carboxylic acids is 1. The first-order chi connectivity index (χ1) is 17.0. The van der Waals surface area contributed by atoms with Gasteiger partial charge in [0.1, 0.15) is 12.4 Å². The van der Waals surface area contributed by atoms with Gasteiger partial charge in [-0.25, -0.2) is 4.98 Å². The number of aromatic nitrogens is 3. The van der Waals surface area contributed by atoms with Crippen LogP contribution in [0.25, 0.3) is 11.0 Å². The molecular weight excluding hydrogens is 440 g/mol. The van der Waals surface area contributed by atoms with Crippen molar-refractivity contribution in [1.29, 1.82) is 0 Å². The molecule has 4 aromatic rings. The molecule has 2 aromatic carbocycles. The Morgan fingerprint density at radius 3 is 2.69 bits per heavy atom. The molecule has 35 heavy (non-hydrogen) atoms. The first-order valence-electron chi connectivity index (χ1n) is 12.0. The highest BCUT2D eigenvalue weighted by Gasteiger charge is 2.23. The molecule has 0 radical (unpaired) electrons. The van der Waals surface area contributed by atoms with Crippen molar-refractivity contribution < 1.29 is 14.3 Å². The molecule has 2 aromatic heterocycles. The zero-order valence-electron chi connectivity index (χ0n) is 20.5. The van der Waals surface area contributed by atoms with Gasteiger partial charge < -0.3 is 14.4 Å². The fourth-order valence-corrected chi connectivity index (χ4v) is 4.72. The van der Waals surface area contributed by atoms with Crippen LogP contribution in [0.2, 0.25) is 0 Å². The van der Waals surface area contributed by atoms with Crippen molar-refractivity contribution in [2.45, 2.75) is 26.8 Å². The molecule has 0 N–H and O–H groups in total. The molecular formula is C28H30N4O3. The fourth-order valence-electron chi connectivity index (χ4n) is 4.72. The lowest BCUT2D eigenvalue weighted by atomic mass is 10.0. The molecule has 5 rings (SSSR count). The Labute approximate surface area is 205 Å². The third kappa shape index (κ3) is 4.91. The number of hydrogen-bond acceptors (Lipinski definition) is 5. The van der Waals surface area contributed by atoms with Crippen LogP contribution in [0.3, 0.4) is 0 Å². The summed E-state index contributed by atoms with van der Waals surface area (Å²) in [6.07, 6.45) is 0.762. The van der Waals surface area contributed by atoms with Gasteiger partial charge in [-0.15, -0.1) is 0 Å². The van der Waals surface area contributed by atoms with Crippen molar-refractivity contribution in [3.63, 3.8) is 0 Å². The summed E-state index contributed by atoms with van der Waals surface area (Å²) in [7, 11) is 1.86. The molecule has 2 bridgehead atoms. The average Bonchev–Trinajstić information content (AvgIpc) is 3.13. The van der Waals surface area contributed by atoms with E-state index in [0.717, 1.165) is 45.7 Å². The van der Waals surface area contributed by atoms with Gasteiger partial charge in [0.15, 0.2) is 5.65 Å². The zero-order chi connectivity index (χ0) is 24.4. The first kappa shape index (κ1) is 23.1. The van der Waals surface area contributed by atoms with Crippen molar-refractivity contribution in [1.82, 2.24) is 19.7 Å². The number of amides is 1. The van der Waals surface area contributed by atoms with Crippen LogP contribution in [0, 0.1) is 13.8 Å². The van der Waals surface area contributed by atoms with Crippen LogP contribution >= 0.6 is 0 Å². The van der Waals surface area contributed by atoms with Crippen LogP contribution in [0.5, 0.6) is 5.75 Å². The Morgan fingerprint density at radius 1 is 0.971 bits per heavy atom. The fraction of sp³-hybridized carbons (Fsp3) is 0.321. The number of para-hydroxylation sites is 1. The van der Waals surface area contributed by atoms with E-state index in [-0.39, 0.29) is 5.91 Å². The Morgan fingerprint density at radius 2 is 1.80 bits per heavy atom. The third-order valence-corrected chi connectivity index (χ3v) is 6.34. The molecule has 7 heteroatoms. The highest BCUT2D eigenvalue weighted by molar-refractivity contribution is 6.06. The van der Waals surface area contributed by atoms with E-state index >= 15 is 0 Å². The number of benzene rings is 2. The maximum atomic E-state index is 13.9. The van der Waals surface area contributed by atoms with E-state index in [0.29, 0.717) is 38.5 Å². The molecule has 0 unspecified atom stereocenters. The smallest absolute Gasteiger partial charge is 0.255 e. The molecule has 0 aliphatic carbocycles. The van der Waals surface area contributed by atoms with Gasteiger partial charge in [-0.3, -0.25) is 9.48 Å². The molecule has 180 valence electrons. The molecule has 0 spiro atoms. The molecule has 7 nitrogen and oxygen atoms in total. The number of carbonyl (C=O) groups is 1. The Balaban J connectivity index is 1.50. The normalized spacial score (nSPS) is 14.8. The Bertz CT molecular complexity index is 1380. The summed E-state index contributed by atoms with van der Waals surface area (Å²) >= 11 is 0. The monoisotopic (exact) mass is 470 g/mol. The van der Waals surface area contributed by atoms with Gasteiger partial charge in [-0.2, -0.15) is 5.10 Å². The van der Waals surface area contributed by atoms with Crippen molar-refractivity contribution in [3.05, 3.63) is 88.2 Å². The van der Waals surface area contributed by atoms with E-state index in [4.69, 9.17) is 9.47 Å². The van der Waals surface area contributed by atoms with Gasteiger partial charge in [0.05, 0.1) is 29.9 Å². The van der Waals surface area contributed by atoms with Crippen molar-refractivity contribution >= 4 is 16.9 Å². The predicted octanol–water partition coefficient (Wildman–Crippen LogP) is 4.23. The van der Waals surface area contributed by atoms with Gasteiger partial charge in [-0.05, 0) is 42.7 Å². The molecule has 0 atom stereocenters. The second-order valence-electron chi connectivity index (χ2n) is 9.01. The molecule has 1 amide bonds. The zero-order valence-corrected chi connectivity index (χ0v) is 20.5. The Hall–Kier alpha value is -3.71. The van der Waals surface area contributed by atoms with E-state index in [1.54, 1.807) is 4.68 Å². The predicted molar refractivity (Wildman–Crippen MR) is 135 cm³/mol. The lowest BCUT2D eigenvalue weighted by molar-refractivity contribution is 0.0572. The van der Waals surface area contributed by atoms with Crippen LogP contribution in [0.4, 0.5) is 0 Å². The van der Waals surface area contributed by atoms with Crippen LogP contribution < -0.4 is 4.74 Å². The van der Waals surface area contributed by atoms with E-state index in [2.05, 4.69) is 40.4 Å². The summed E-state index contributed by atoms with van der Waals surface area (Å²) in [5, 5.41) is 5.31. The molecule has 0 fully saturated rings. The number of fused-ring (bicyclic) bond motifs is 4. The number of nitrogens with zero attached hydrogens (tertiary/aromatic N) is 4. The van der Waals surface area contributed by atoms with Gasteiger partial charge >= 0.3 is 0 Å². The Kier molecular flexibility index (Phi) is 6.51. The number of pyridine rings is 1. The van der Waals surface area contributed by atoms with Crippen LogP contribution in [-0.4, -0.2) is 51.9 Å². The highest BCUT2D eigenvalue weighted by atomic mass is 16.5. The first-order valence-corrected chi connectivity index (χ1v) is 12.0. The summed E-state index contributed by atoms with van der Waals surface area (Å²) in [6, 6.07) is 18.4. The van der Waals surface area contributed by atoms with E-state index < -0.39 is 0 Å². The molecule has 1 aliphatic heterocycles. The maximum Gasteiger partial charge on any atom is 0.255 e. The topological polar surface area (TPSA) is 69.5 Å². The minimum absolute atomic E-state index is 0.0423. The van der Waals surface area contributed by atoms with Crippen LogP contribution in [0.15, 0.2) is 54.6 Å². The summed E-state index contributed by atoms with van der Waals surface area (Å²) in [5.41, 5.74) is 6.35. The molecule has 0 saturated heterocycles. The highest BCUT2D eigenvalue weighted by Crippen LogP contribution is 2.25. The number of rotatable bonds is 1. The van der Waals surface area contributed by atoms with Gasteiger partial charge in [-0.1, -0.05) is 42.5 Å².